The Morgan fingerprint density at radius 1 is 1.29 bits per heavy atom. The van der Waals surface area contributed by atoms with Gasteiger partial charge in [0, 0.05) is 14.1 Å². The predicted molar refractivity (Wildman–Crippen MR) is 53.4 cm³/mol. The van der Waals surface area contributed by atoms with E-state index >= 15 is 0 Å². The summed E-state index contributed by atoms with van der Waals surface area (Å²) in [7, 11) is 3.48. The summed E-state index contributed by atoms with van der Waals surface area (Å²) in [6.07, 6.45) is 0. The van der Waals surface area contributed by atoms with Gasteiger partial charge >= 0.3 is 5.97 Å². The van der Waals surface area contributed by atoms with E-state index in [1.165, 1.54) is 0 Å². The quantitative estimate of drug-likeness (QED) is 0.732. The number of hydrazine groups is 1. The van der Waals surface area contributed by atoms with Crippen LogP contribution in [0.5, 0.6) is 0 Å². The number of nitrogens with one attached hydrogen (secondary N) is 1. The third-order valence-electron chi connectivity index (χ3n) is 1.61. The number of hydrogen-bond acceptors (Lipinski definition) is 4. The summed E-state index contributed by atoms with van der Waals surface area (Å²) in [5.74, 6) is -0.390. The molecule has 0 bridgehead atoms. The summed E-state index contributed by atoms with van der Waals surface area (Å²) < 4.78 is 0. The molecule has 0 aliphatic heterocycles. The van der Waals surface area contributed by atoms with Gasteiger partial charge in [-0.25, -0.2) is 9.80 Å². The fourth-order valence-corrected chi connectivity index (χ4v) is 0.881. The van der Waals surface area contributed by atoms with E-state index in [0.717, 1.165) is 5.56 Å². The van der Waals surface area contributed by atoms with Gasteiger partial charge in [-0.05, 0) is 19.1 Å². The van der Waals surface area contributed by atoms with Crippen molar-refractivity contribution in [3.8, 4) is 0 Å². The third kappa shape index (κ3) is 3.16. The van der Waals surface area contributed by atoms with Gasteiger partial charge in [0.2, 0.25) is 0 Å². The minimum atomic E-state index is -0.390. The van der Waals surface area contributed by atoms with Crippen LogP contribution in [0.15, 0.2) is 24.3 Å². The standard InChI is InChI=1S/C10H14N2O2/c1-8-4-6-9(7-5-8)10(13)14-11-12(2)3/h4-7,11H,1-3H3. The van der Waals surface area contributed by atoms with Gasteiger partial charge in [0.25, 0.3) is 0 Å². The lowest BCUT2D eigenvalue weighted by molar-refractivity contribution is -0.0296. The van der Waals surface area contributed by atoms with Crippen LogP contribution >= 0.6 is 0 Å². The van der Waals surface area contributed by atoms with Crippen molar-refractivity contribution >= 4 is 5.97 Å². The minimum absolute atomic E-state index is 0.390. The Morgan fingerprint density at radius 2 is 1.86 bits per heavy atom. The van der Waals surface area contributed by atoms with Crippen molar-refractivity contribution in [2.45, 2.75) is 6.92 Å². The molecule has 14 heavy (non-hydrogen) atoms. The predicted octanol–water partition coefficient (Wildman–Crippen LogP) is 1.13. The molecule has 1 N–H and O–H groups in total. The van der Waals surface area contributed by atoms with Gasteiger partial charge in [-0.1, -0.05) is 23.3 Å². The van der Waals surface area contributed by atoms with Gasteiger partial charge < -0.3 is 4.84 Å². The zero-order valence-electron chi connectivity index (χ0n) is 8.57. The fourth-order valence-electron chi connectivity index (χ4n) is 0.881. The molecule has 0 spiro atoms. The minimum Gasteiger partial charge on any atom is -0.351 e. The molecule has 4 heteroatoms. The number of carbonyl (C=O) groups is 1. The lowest BCUT2D eigenvalue weighted by Gasteiger charge is -2.10. The number of nitrogens with zero attached hydrogens (tertiary/aromatic N) is 1. The summed E-state index contributed by atoms with van der Waals surface area (Å²) in [6.45, 7) is 1.97. The molecule has 1 aromatic rings. The van der Waals surface area contributed by atoms with Crippen LogP contribution in [-0.4, -0.2) is 25.1 Å². The van der Waals surface area contributed by atoms with Crippen molar-refractivity contribution in [1.82, 2.24) is 10.6 Å². The highest BCUT2D eigenvalue weighted by Crippen LogP contribution is 2.03. The molecular formula is C10H14N2O2. The normalized spacial score (nSPS) is 10.3. The average Bonchev–Trinajstić information content (AvgIpc) is 2.15. The van der Waals surface area contributed by atoms with Gasteiger partial charge in [-0.15, -0.1) is 0 Å². The van der Waals surface area contributed by atoms with Crippen molar-refractivity contribution in [2.75, 3.05) is 14.1 Å². The number of aryl methyl sites for hydroxylation is 1. The average molecular weight is 194 g/mol. The molecule has 4 nitrogen and oxygen atoms in total. The van der Waals surface area contributed by atoms with Crippen LogP contribution < -0.4 is 5.59 Å². The summed E-state index contributed by atoms with van der Waals surface area (Å²) in [5, 5.41) is 1.55. The van der Waals surface area contributed by atoms with Gasteiger partial charge in [0.15, 0.2) is 0 Å². The van der Waals surface area contributed by atoms with E-state index < -0.39 is 5.97 Å². The molecule has 0 unspecified atom stereocenters. The molecule has 1 aromatic carbocycles. The van der Waals surface area contributed by atoms with E-state index in [2.05, 4.69) is 5.59 Å². The maximum absolute atomic E-state index is 11.3. The molecule has 76 valence electrons. The van der Waals surface area contributed by atoms with Crippen LogP contribution in [0.25, 0.3) is 0 Å². The zero-order valence-corrected chi connectivity index (χ0v) is 8.57. The van der Waals surface area contributed by atoms with Crippen molar-refractivity contribution in [1.29, 1.82) is 0 Å². The molecule has 0 aliphatic carbocycles. The van der Waals surface area contributed by atoms with E-state index in [4.69, 9.17) is 4.84 Å². The Kier molecular flexibility index (Phi) is 3.62. The highest BCUT2D eigenvalue weighted by Gasteiger charge is 2.06. The van der Waals surface area contributed by atoms with Crippen molar-refractivity contribution in [3.05, 3.63) is 35.4 Å². The molecule has 0 saturated carbocycles. The van der Waals surface area contributed by atoms with Crippen molar-refractivity contribution < 1.29 is 9.63 Å². The molecule has 0 aromatic heterocycles. The van der Waals surface area contributed by atoms with Gasteiger partial charge in [-0.2, -0.15) is 0 Å². The SMILES string of the molecule is Cc1ccc(C(=O)ONN(C)C)cc1. The highest BCUT2D eigenvalue weighted by molar-refractivity contribution is 5.89. The Balaban J connectivity index is 2.57. The number of benzene rings is 1. The monoisotopic (exact) mass is 194 g/mol. The van der Waals surface area contributed by atoms with E-state index in [-0.39, 0.29) is 0 Å². The van der Waals surface area contributed by atoms with Crippen LogP contribution in [0.3, 0.4) is 0 Å². The Bertz CT molecular complexity index is 306. The molecular weight excluding hydrogens is 180 g/mol. The van der Waals surface area contributed by atoms with Crippen LogP contribution in [0, 0.1) is 6.92 Å². The van der Waals surface area contributed by atoms with Crippen LogP contribution in [0.4, 0.5) is 0 Å². The summed E-state index contributed by atoms with van der Waals surface area (Å²) in [6, 6.07) is 7.20. The second-order valence-corrected chi connectivity index (χ2v) is 3.24. The second-order valence-electron chi connectivity index (χ2n) is 3.24. The molecule has 0 radical (unpaired) electrons. The van der Waals surface area contributed by atoms with E-state index in [0.29, 0.717) is 5.56 Å². The van der Waals surface area contributed by atoms with Crippen molar-refractivity contribution in [2.24, 2.45) is 0 Å². The Labute approximate surface area is 83.4 Å². The van der Waals surface area contributed by atoms with Crippen LogP contribution in [0.1, 0.15) is 15.9 Å². The summed E-state index contributed by atoms with van der Waals surface area (Å²) in [4.78, 5) is 16.1. The van der Waals surface area contributed by atoms with Crippen LogP contribution in [-0.2, 0) is 4.84 Å². The Morgan fingerprint density at radius 3 is 2.36 bits per heavy atom. The number of rotatable bonds is 3. The van der Waals surface area contributed by atoms with Gasteiger partial charge in [0.05, 0.1) is 5.56 Å². The third-order valence-corrected chi connectivity index (χ3v) is 1.61. The van der Waals surface area contributed by atoms with Gasteiger partial charge in [-0.3, -0.25) is 0 Å². The molecule has 0 heterocycles. The van der Waals surface area contributed by atoms with Crippen molar-refractivity contribution in [3.63, 3.8) is 0 Å². The van der Waals surface area contributed by atoms with E-state index in [9.17, 15) is 4.79 Å². The maximum atomic E-state index is 11.3. The first-order valence-electron chi connectivity index (χ1n) is 4.30. The maximum Gasteiger partial charge on any atom is 0.358 e. The number of hydrogen-bond donors (Lipinski definition) is 1. The largest absolute Gasteiger partial charge is 0.358 e. The van der Waals surface area contributed by atoms with E-state index in [1.807, 2.05) is 19.1 Å². The molecule has 0 atom stereocenters. The first-order chi connectivity index (χ1) is 6.59. The molecule has 1 rings (SSSR count). The number of carbonyl (C=O) groups excluding carboxylic acids is 1. The molecule has 0 fully saturated rings. The first kappa shape index (κ1) is 10.7. The summed E-state index contributed by atoms with van der Waals surface area (Å²) in [5.41, 5.74) is 4.09. The molecule has 0 amide bonds. The second kappa shape index (κ2) is 4.74. The molecule has 0 aliphatic rings. The first-order valence-corrected chi connectivity index (χ1v) is 4.30. The lowest BCUT2D eigenvalue weighted by Crippen LogP contribution is -2.32. The Hall–Kier alpha value is -1.39. The van der Waals surface area contributed by atoms with E-state index in [1.54, 1.807) is 31.2 Å². The summed E-state index contributed by atoms with van der Waals surface area (Å²) >= 11 is 0. The fraction of sp³-hybridized carbons (Fsp3) is 0.300. The molecule has 0 saturated heterocycles. The van der Waals surface area contributed by atoms with Crippen LogP contribution in [0.2, 0.25) is 0 Å². The lowest BCUT2D eigenvalue weighted by atomic mass is 10.2. The smallest absolute Gasteiger partial charge is 0.351 e. The highest BCUT2D eigenvalue weighted by atomic mass is 16.7. The topological polar surface area (TPSA) is 41.6 Å². The zero-order chi connectivity index (χ0) is 10.6. The van der Waals surface area contributed by atoms with Gasteiger partial charge in [0.1, 0.15) is 0 Å².